The summed E-state index contributed by atoms with van der Waals surface area (Å²) < 4.78 is 25.6. The first-order chi connectivity index (χ1) is 15.1. The van der Waals surface area contributed by atoms with E-state index in [1.807, 2.05) is 6.92 Å². The number of benzene rings is 1. The van der Waals surface area contributed by atoms with Gasteiger partial charge in [-0.1, -0.05) is 29.7 Å². The molecule has 0 aromatic heterocycles. The summed E-state index contributed by atoms with van der Waals surface area (Å²) in [6, 6.07) is 2.65. The van der Waals surface area contributed by atoms with Crippen molar-refractivity contribution in [1.82, 2.24) is 10.2 Å². The van der Waals surface area contributed by atoms with Crippen molar-refractivity contribution < 1.29 is 18.3 Å². The van der Waals surface area contributed by atoms with E-state index in [4.69, 9.17) is 19.4 Å². The number of likely N-dealkylation sites (tertiary alicyclic amines) is 1. The molecule has 1 aliphatic heterocycles. The molecule has 1 aromatic rings. The van der Waals surface area contributed by atoms with E-state index in [1.165, 1.54) is 18.6 Å². The zero-order valence-corrected chi connectivity index (χ0v) is 19.8. The fraction of sp³-hybridized carbons (Fsp3) is 0.591. The second-order valence-electron chi connectivity index (χ2n) is 9.14. The Labute approximate surface area is 195 Å². The lowest BCUT2D eigenvalue weighted by molar-refractivity contribution is 0.101. The molecule has 4 rings (SSSR count). The molecular weight excluding hydrogens is 449 g/mol. The predicted molar refractivity (Wildman–Crippen MR) is 126 cm³/mol. The van der Waals surface area contributed by atoms with E-state index in [0.29, 0.717) is 19.1 Å². The van der Waals surface area contributed by atoms with Gasteiger partial charge in [-0.05, 0) is 70.7 Å². The second-order valence-corrected chi connectivity index (χ2v) is 11.8. The van der Waals surface area contributed by atoms with Crippen molar-refractivity contribution in [2.75, 3.05) is 18.4 Å². The average Bonchev–Trinajstić information content (AvgIpc) is 3.09. The summed E-state index contributed by atoms with van der Waals surface area (Å²) >= 11 is 6.23. The van der Waals surface area contributed by atoms with Gasteiger partial charge in [0.15, 0.2) is 15.6 Å². The number of phenolic OH excluding ortho intramolecular Hbond substituents is 1. The Morgan fingerprint density at radius 1 is 1.25 bits per heavy atom. The first kappa shape index (κ1) is 23.5. The highest BCUT2D eigenvalue weighted by Gasteiger charge is 2.45. The van der Waals surface area contributed by atoms with Crippen LogP contribution >= 0.6 is 11.6 Å². The molecule has 1 saturated heterocycles. The molecule has 10 heteroatoms. The van der Waals surface area contributed by atoms with Crippen molar-refractivity contribution in [1.29, 1.82) is 0 Å². The first-order valence-electron chi connectivity index (χ1n) is 11.2. The summed E-state index contributed by atoms with van der Waals surface area (Å²) in [5, 5.41) is 16.1. The fourth-order valence-electron chi connectivity index (χ4n) is 4.74. The monoisotopic (exact) mass is 477 g/mol. The van der Waals surface area contributed by atoms with E-state index in [2.05, 4.69) is 21.6 Å². The van der Waals surface area contributed by atoms with Crippen LogP contribution in [-0.4, -0.2) is 62.1 Å². The van der Waals surface area contributed by atoms with Gasteiger partial charge in [-0.25, -0.2) is 13.2 Å². The van der Waals surface area contributed by atoms with Crippen LogP contribution in [0.1, 0.15) is 51.9 Å². The molecule has 2 aliphatic carbocycles. The maximum atomic E-state index is 13.5. The molecule has 32 heavy (non-hydrogen) atoms. The Morgan fingerprint density at radius 2 is 1.94 bits per heavy atom. The molecule has 1 heterocycles. The molecule has 0 spiro atoms. The minimum absolute atomic E-state index is 0.0272. The number of sulfone groups is 1. The van der Waals surface area contributed by atoms with Crippen molar-refractivity contribution in [2.24, 2.45) is 0 Å². The molecule has 0 bridgehead atoms. The van der Waals surface area contributed by atoms with Crippen LogP contribution in [0.25, 0.3) is 0 Å². The first-order valence-corrected chi connectivity index (χ1v) is 13.0. The zero-order valence-electron chi connectivity index (χ0n) is 18.2. The normalized spacial score (nSPS) is 23.9. The molecule has 3 aliphatic rings. The number of hydrogen-bond donors (Lipinski definition) is 3. The largest absolute Gasteiger partial charge is 0.504 e. The molecule has 2 radical (unpaired) electrons. The van der Waals surface area contributed by atoms with Crippen molar-refractivity contribution in [3.8, 4) is 5.75 Å². The maximum absolute atomic E-state index is 13.5. The number of carbonyl (C=O) groups excluding carboxylic acids is 1. The summed E-state index contributed by atoms with van der Waals surface area (Å²) in [5.74, 6) is -0.586. The SMILES string of the molecule is [B]C1(S(=O)(=O)c2c(Cl)ccc(NC(=O)N[C@@H]3CCC=C3C)c2O)CCN(C2CCC2)CC1. The molecule has 172 valence electrons. The van der Waals surface area contributed by atoms with Gasteiger partial charge >= 0.3 is 6.03 Å². The van der Waals surface area contributed by atoms with Gasteiger partial charge in [0.2, 0.25) is 0 Å². The standard InChI is InChI=1S/C22H29BClN3O4S/c1-14-4-2-7-17(14)25-21(29)26-18-9-8-16(24)20(19(18)28)32(30,31)22(23)10-12-27(13-11-22)15-5-3-6-15/h4,8-9,15,17,28H,2-3,5-7,10-13H2,1H3,(H2,25,26,29)/t17-/m1/s1. The highest BCUT2D eigenvalue weighted by Crippen LogP contribution is 2.44. The molecule has 7 nitrogen and oxygen atoms in total. The van der Waals surface area contributed by atoms with Crippen molar-refractivity contribution in [3.63, 3.8) is 0 Å². The third-order valence-electron chi connectivity index (χ3n) is 7.15. The van der Waals surface area contributed by atoms with E-state index in [0.717, 1.165) is 31.3 Å². The van der Waals surface area contributed by atoms with Crippen LogP contribution in [0.15, 0.2) is 28.7 Å². The summed E-state index contributed by atoms with van der Waals surface area (Å²) in [6.07, 6.45) is 7.76. The van der Waals surface area contributed by atoms with E-state index in [1.54, 1.807) is 0 Å². The lowest BCUT2D eigenvalue weighted by atomic mass is 9.77. The van der Waals surface area contributed by atoms with E-state index >= 15 is 0 Å². The lowest BCUT2D eigenvalue weighted by Crippen LogP contribution is -2.53. The Kier molecular flexibility index (Phi) is 6.53. The molecule has 1 atom stereocenters. The number of halogens is 1. The van der Waals surface area contributed by atoms with Crippen LogP contribution in [0.4, 0.5) is 10.5 Å². The van der Waals surface area contributed by atoms with Gasteiger partial charge in [-0.15, -0.1) is 0 Å². The number of piperidine rings is 1. The molecule has 0 unspecified atom stereocenters. The molecule has 2 fully saturated rings. The summed E-state index contributed by atoms with van der Waals surface area (Å²) in [7, 11) is 2.25. The number of carbonyl (C=O) groups is 1. The Bertz CT molecular complexity index is 1030. The van der Waals surface area contributed by atoms with Crippen molar-refractivity contribution >= 4 is 41.0 Å². The van der Waals surface area contributed by atoms with Gasteiger partial charge in [0.25, 0.3) is 0 Å². The number of aromatic hydroxyl groups is 1. The Morgan fingerprint density at radius 3 is 2.50 bits per heavy atom. The smallest absolute Gasteiger partial charge is 0.319 e. The molecular formula is C22H29BClN3O4S. The Balaban J connectivity index is 1.53. The molecule has 3 N–H and O–H groups in total. The topological polar surface area (TPSA) is 98.7 Å². The molecule has 1 aromatic carbocycles. The predicted octanol–water partition coefficient (Wildman–Crippen LogP) is 3.56. The summed E-state index contributed by atoms with van der Waals surface area (Å²) in [4.78, 5) is 14.3. The summed E-state index contributed by atoms with van der Waals surface area (Å²) in [5.41, 5.74) is 1.04. The molecule has 2 amide bonds. The number of anilines is 1. The average molecular weight is 478 g/mol. The van der Waals surface area contributed by atoms with Gasteiger partial charge in [-0.2, -0.15) is 0 Å². The van der Waals surface area contributed by atoms with Crippen LogP contribution in [0.3, 0.4) is 0 Å². The van der Waals surface area contributed by atoms with Crippen molar-refractivity contribution in [2.45, 2.75) is 73.5 Å². The number of allylic oxidation sites excluding steroid dienone is 1. The van der Waals surface area contributed by atoms with Crippen LogP contribution in [-0.2, 0) is 9.84 Å². The number of nitrogens with one attached hydrogen (secondary N) is 2. The lowest BCUT2D eigenvalue weighted by Gasteiger charge is -2.45. The van der Waals surface area contributed by atoms with Crippen LogP contribution in [0.5, 0.6) is 5.75 Å². The maximum Gasteiger partial charge on any atom is 0.319 e. The molecule has 1 saturated carbocycles. The van der Waals surface area contributed by atoms with E-state index in [-0.39, 0.29) is 29.6 Å². The van der Waals surface area contributed by atoms with Gasteiger partial charge in [-0.3, -0.25) is 0 Å². The zero-order chi connectivity index (χ0) is 23.1. The van der Waals surface area contributed by atoms with Crippen molar-refractivity contribution in [3.05, 3.63) is 28.8 Å². The highest BCUT2D eigenvalue weighted by molar-refractivity contribution is 7.94. The second kappa shape index (κ2) is 8.91. The quantitative estimate of drug-likeness (QED) is 0.342. The van der Waals surface area contributed by atoms with Gasteiger partial charge in [0.1, 0.15) is 4.90 Å². The fourth-order valence-corrected chi connectivity index (χ4v) is 7.02. The van der Waals surface area contributed by atoms with Crippen LogP contribution in [0, 0.1) is 0 Å². The number of amides is 2. The number of hydrogen-bond acceptors (Lipinski definition) is 5. The highest BCUT2D eigenvalue weighted by atomic mass is 35.5. The third-order valence-corrected chi connectivity index (χ3v) is 10.0. The number of phenols is 1. The summed E-state index contributed by atoms with van der Waals surface area (Å²) in [6.45, 7) is 3.13. The van der Waals surface area contributed by atoms with Gasteiger partial charge in [0.05, 0.1) is 24.6 Å². The minimum atomic E-state index is -4.16. The number of urea groups is 1. The Hall–Kier alpha value is -1.71. The number of rotatable bonds is 5. The third kappa shape index (κ3) is 4.27. The minimum Gasteiger partial charge on any atom is -0.504 e. The van der Waals surface area contributed by atoms with Crippen LogP contribution < -0.4 is 10.6 Å². The van der Waals surface area contributed by atoms with Crippen LogP contribution in [0.2, 0.25) is 5.02 Å². The van der Waals surface area contributed by atoms with E-state index < -0.39 is 31.2 Å². The van der Waals surface area contributed by atoms with E-state index in [9.17, 15) is 18.3 Å². The van der Waals surface area contributed by atoms with Gasteiger partial charge < -0.3 is 20.6 Å². The number of nitrogens with zero attached hydrogens (tertiary/aromatic N) is 1. The van der Waals surface area contributed by atoms with Gasteiger partial charge in [0, 0.05) is 10.7 Å².